The molecular formula is C23H25ClN2O2S. The zero-order chi connectivity index (χ0) is 20.5. The van der Waals surface area contributed by atoms with Gasteiger partial charge in [-0.15, -0.1) is 0 Å². The fraction of sp³-hybridized carbons (Fsp3) is 0.391. The first kappa shape index (κ1) is 20.3. The molecule has 0 bridgehead atoms. The fourth-order valence-electron chi connectivity index (χ4n) is 4.30. The van der Waals surface area contributed by atoms with Crippen LogP contribution in [0.2, 0.25) is 5.02 Å². The Kier molecular flexibility index (Phi) is 5.88. The Morgan fingerprint density at radius 3 is 2.76 bits per heavy atom. The molecule has 1 N–H and O–H groups in total. The number of rotatable bonds is 6. The van der Waals surface area contributed by atoms with Gasteiger partial charge in [0.2, 0.25) is 0 Å². The molecule has 1 atom stereocenters. The van der Waals surface area contributed by atoms with Gasteiger partial charge in [-0.1, -0.05) is 37.2 Å². The van der Waals surface area contributed by atoms with Crippen molar-refractivity contribution in [2.24, 2.45) is 5.92 Å². The number of hydrogen-bond acceptors (Lipinski definition) is 3. The Hall–Kier alpha value is -1.98. The van der Waals surface area contributed by atoms with Crippen molar-refractivity contribution in [2.75, 3.05) is 0 Å². The van der Waals surface area contributed by atoms with Gasteiger partial charge in [-0.2, -0.15) is 0 Å². The van der Waals surface area contributed by atoms with Crippen molar-refractivity contribution in [1.82, 2.24) is 9.55 Å². The van der Waals surface area contributed by atoms with Crippen molar-refractivity contribution < 1.29 is 9.90 Å². The topological polar surface area (TPSA) is 55.1 Å². The largest absolute Gasteiger partial charge is 0.481 e. The molecule has 1 aliphatic rings. The number of carbonyl (C=O) groups is 1. The fourth-order valence-corrected chi connectivity index (χ4v) is 5.64. The van der Waals surface area contributed by atoms with Crippen LogP contribution >= 0.6 is 23.4 Å². The minimum absolute atomic E-state index is 0.0235. The first-order valence-corrected chi connectivity index (χ1v) is 11.3. The van der Waals surface area contributed by atoms with Crippen LogP contribution in [-0.4, -0.2) is 20.6 Å². The SMILES string of the molecule is CC(C)Cc1nccc2c1c(Sc1ccc(Cl)cc1)c1n2CCCC1CC(=O)O. The molecule has 0 saturated heterocycles. The highest BCUT2D eigenvalue weighted by atomic mass is 35.5. The van der Waals surface area contributed by atoms with Crippen LogP contribution in [0.1, 0.15) is 50.4 Å². The zero-order valence-corrected chi connectivity index (χ0v) is 18.3. The number of carboxylic acids is 1. The van der Waals surface area contributed by atoms with Crippen molar-refractivity contribution in [2.45, 2.75) is 61.8 Å². The van der Waals surface area contributed by atoms with Gasteiger partial charge in [-0.3, -0.25) is 9.78 Å². The van der Waals surface area contributed by atoms with Gasteiger partial charge >= 0.3 is 5.97 Å². The predicted molar refractivity (Wildman–Crippen MR) is 118 cm³/mol. The number of hydrogen-bond donors (Lipinski definition) is 1. The summed E-state index contributed by atoms with van der Waals surface area (Å²) in [6.45, 7) is 5.33. The molecule has 2 aromatic heterocycles. The average molecular weight is 429 g/mol. The molecule has 4 nitrogen and oxygen atoms in total. The monoisotopic (exact) mass is 428 g/mol. The lowest BCUT2D eigenvalue weighted by atomic mass is 9.92. The van der Waals surface area contributed by atoms with Crippen molar-refractivity contribution in [1.29, 1.82) is 0 Å². The Morgan fingerprint density at radius 1 is 1.31 bits per heavy atom. The number of halogens is 1. The van der Waals surface area contributed by atoms with Gasteiger partial charge < -0.3 is 9.67 Å². The van der Waals surface area contributed by atoms with Gasteiger partial charge in [0, 0.05) is 44.6 Å². The molecule has 0 spiro atoms. The third-order valence-corrected chi connectivity index (χ3v) is 6.80. The quantitative estimate of drug-likeness (QED) is 0.494. The van der Waals surface area contributed by atoms with E-state index in [1.54, 1.807) is 11.8 Å². The maximum absolute atomic E-state index is 11.6. The van der Waals surface area contributed by atoms with E-state index < -0.39 is 5.97 Å². The summed E-state index contributed by atoms with van der Waals surface area (Å²) in [7, 11) is 0. The van der Waals surface area contributed by atoms with Crippen LogP contribution in [-0.2, 0) is 17.8 Å². The second-order valence-electron chi connectivity index (χ2n) is 8.11. The van der Waals surface area contributed by atoms with E-state index in [1.807, 2.05) is 30.5 Å². The Balaban J connectivity index is 1.93. The van der Waals surface area contributed by atoms with E-state index in [4.69, 9.17) is 16.6 Å². The van der Waals surface area contributed by atoms with E-state index in [1.165, 1.54) is 10.9 Å². The molecule has 3 aromatic rings. The van der Waals surface area contributed by atoms with Gasteiger partial charge in [0.1, 0.15) is 0 Å². The summed E-state index contributed by atoms with van der Waals surface area (Å²) in [6, 6.07) is 9.93. The first-order valence-electron chi connectivity index (χ1n) is 10.1. The molecule has 0 saturated carbocycles. The van der Waals surface area contributed by atoms with Crippen LogP contribution in [0.3, 0.4) is 0 Å². The number of pyridine rings is 1. The van der Waals surface area contributed by atoms with Crippen LogP contribution in [0.25, 0.3) is 10.9 Å². The van der Waals surface area contributed by atoms with Gasteiger partial charge in [0.25, 0.3) is 0 Å². The average Bonchev–Trinajstić information content (AvgIpc) is 2.99. The molecule has 1 aliphatic heterocycles. The van der Waals surface area contributed by atoms with Crippen molar-refractivity contribution in [3.8, 4) is 0 Å². The first-order chi connectivity index (χ1) is 13.9. The smallest absolute Gasteiger partial charge is 0.304 e. The van der Waals surface area contributed by atoms with E-state index in [0.29, 0.717) is 10.9 Å². The number of fused-ring (bicyclic) bond motifs is 3. The van der Waals surface area contributed by atoms with Gasteiger partial charge in [0.15, 0.2) is 0 Å². The van der Waals surface area contributed by atoms with Crippen molar-refractivity contribution in [3.05, 3.63) is 52.9 Å². The molecule has 0 aliphatic carbocycles. The van der Waals surface area contributed by atoms with E-state index in [9.17, 15) is 9.90 Å². The summed E-state index contributed by atoms with van der Waals surface area (Å²) >= 11 is 7.79. The van der Waals surface area contributed by atoms with Crippen molar-refractivity contribution in [3.63, 3.8) is 0 Å². The Labute approximate surface area is 180 Å². The van der Waals surface area contributed by atoms with E-state index >= 15 is 0 Å². The number of aromatic nitrogens is 2. The Morgan fingerprint density at radius 2 is 2.07 bits per heavy atom. The lowest BCUT2D eigenvalue weighted by molar-refractivity contribution is -0.137. The van der Waals surface area contributed by atoms with Crippen LogP contribution in [0.15, 0.2) is 46.3 Å². The normalized spacial score (nSPS) is 16.3. The molecule has 1 aromatic carbocycles. The van der Waals surface area contributed by atoms with E-state index in [-0.39, 0.29) is 12.3 Å². The highest BCUT2D eigenvalue weighted by Gasteiger charge is 2.30. The maximum atomic E-state index is 11.6. The summed E-state index contributed by atoms with van der Waals surface area (Å²) in [6.07, 6.45) is 4.87. The summed E-state index contributed by atoms with van der Waals surface area (Å²) < 4.78 is 2.34. The second-order valence-corrected chi connectivity index (χ2v) is 9.63. The number of benzene rings is 1. The minimum Gasteiger partial charge on any atom is -0.481 e. The number of carboxylic acid groups (broad SMARTS) is 1. The van der Waals surface area contributed by atoms with E-state index in [0.717, 1.165) is 47.0 Å². The molecule has 0 radical (unpaired) electrons. The summed E-state index contributed by atoms with van der Waals surface area (Å²) in [4.78, 5) is 18.6. The van der Waals surface area contributed by atoms with Crippen LogP contribution in [0.5, 0.6) is 0 Å². The molecule has 152 valence electrons. The summed E-state index contributed by atoms with van der Waals surface area (Å²) in [5, 5.41) is 11.4. The van der Waals surface area contributed by atoms with Crippen LogP contribution < -0.4 is 0 Å². The molecular weight excluding hydrogens is 404 g/mol. The van der Waals surface area contributed by atoms with Crippen LogP contribution in [0, 0.1) is 5.92 Å². The highest BCUT2D eigenvalue weighted by Crippen LogP contribution is 2.46. The van der Waals surface area contributed by atoms with Crippen LogP contribution in [0.4, 0.5) is 0 Å². The summed E-state index contributed by atoms with van der Waals surface area (Å²) in [5.41, 5.74) is 3.44. The lowest BCUT2D eigenvalue weighted by Gasteiger charge is -2.25. The third-order valence-electron chi connectivity index (χ3n) is 5.43. The van der Waals surface area contributed by atoms with Gasteiger partial charge in [-0.05, 0) is 55.5 Å². The third kappa shape index (κ3) is 4.17. The highest BCUT2D eigenvalue weighted by molar-refractivity contribution is 7.99. The number of aryl methyl sites for hydroxylation is 1. The van der Waals surface area contributed by atoms with E-state index in [2.05, 4.69) is 24.5 Å². The van der Waals surface area contributed by atoms with Crippen molar-refractivity contribution >= 4 is 40.2 Å². The minimum atomic E-state index is -0.739. The molecule has 1 unspecified atom stereocenters. The number of nitrogens with zero attached hydrogens (tertiary/aromatic N) is 2. The molecule has 0 amide bonds. The standard InChI is InChI=1S/C23H25ClN2O2S/c1-14(2)12-18-21-19(9-10-25-18)26-11-3-4-15(13-20(27)28)22(26)23(21)29-17-7-5-16(24)6-8-17/h5-10,14-15H,3-4,11-13H2,1-2H3,(H,27,28). The lowest BCUT2D eigenvalue weighted by Crippen LogP contribution is -2.18. The molecule has 0 fully saturated rings. The summed E-state index contributed by atoms with van der Waals surface area (Å²) in [5.74, 6) is -0.222. The number of aliphatic carboxylic acids is 1. The molecule has 6 heteroatoms. The second kappa shape index (κ2) is 8.41. The van der Waals surface area contributed by atoms with Gasteiger partial charge in [0.05, 0.1) is 17.6 Å². The Bertz CT molecular complexity index is 1040. The van der Waals surface area contributed by atoms with Gasteiger partial charge in [-0.25, -0.2) is 0 Å². The molecule has 4 rings (SSSR count). The molecule has 3 heterocycles. The predicted octanol–water partition coefficient (Wildman–Crippen LogP) is 6.39. The zero-order valence-electron chi connectivity index (χ0n) is 16.7. The molecule has 29 heavy (non-hydrogen) atoms. The maximum Gasteiger partial charge on any atom is 0.304 e.